The highest BCUT2D eigenvalue weighted by atomic mass is 19.1. The van der Waals surface area contributed by atoms with Gasteiger partial charge in [-0.2, -0.15) is 5.26 Å². The van der Waals surface area contributed by atoms with Crippen LogP contribution in [0.1, 0.15) is 12.6 Å². The summed E-state index contributed by atoms with van der Waals surface area (Å²) < 4.78 is 18.3. The maximum atomic E-state index is 12.7. The third-order valence-electron chi connectivity index (χ3n) is 2.57. The third-order valence-corrected chi connectivity index (χ3v) is 2.57. The Bertz CT molecular complexity index is 607. The van der Waals surface area contributed by atoms with Crippen molar-refractivity contribution in [3.05, 3.63) is 54.0 Å². The van der Waals surface area contributed by atoms with Gasteiger partial charge in [-0.05, 0) is 43.3 Å². The molecule has 1 heterocycles. The number of nitriles is 1. The highest BCUT2D eigenvalue weighted by Gasteiger charge is 2.05. The lowest BCUT2D eigenvalue weighted by atomic mass is 10.3. The van der Waals surface area contributed by atoms with Crippen LogP contribution < -0.4 is 10.1 Å². The van der Waals surface area contributed by atoms with Gasteiger partial charge in [0.05, 0.1) is 6.04 Å². The number of rotatable bonds is 5. The Balaban J connectivity index is 1.87. The van der Waals surface area contributed by atoms with Crippen LogP contribution in [0.4, 0.5) is 10.2 Å². The standard InChI is InChI=1S/C15H14FN3O/c1-11(10-20-14-7-5-12(16)6-8-14)18-15-4-2-3-13(9-17)19-15/h2-8,11H,10H2,1H3,(H,18,19). The lowest BCUT2D eigenvalue weighted by Crippen LogP contribution is -2.24. The molecule has 2 rings (SSSR count). The molecule has 0 radical (unpaired) electrons. The van der Waals surface area contributed by atoms with Crippen molar-refractivity contribution in [2.75, 3.05) is 11.9 Å². The van der Waals surface area contributed by atoms with Crippen molar-refractivity contribution < 1.29 is 9.13 Å². The van der Waals surface area contributed by atoms with Gasteiger partial charge in [-0.3, -0.25) is 0 Å². The van der Waals surface area contributed by atoms with Crippen molar-refractivity contribution in [3.8, 4) is 11.8 Å². The summed E-state index contributed by atoms with van der Waals surface area (Å²) in [5, 5.41) is 11.9. The second-order valence-electron chi connectivity index (χ2n) is 4.33. The van der Waals surface area contributed by atoms with Gasteiger partial charge in [0.1, 0.15) is 35.8 Å². The van der Waals surface area contributed by atoms with Gasteiger partial charge in [-0.15, -0.1) is 0 Å². The number of nitrogens with zero attached hydrogens (tertiary/aromatic N) is 2. The van der Waals surface area contributed by atoms with Crippen molar-refractivity contribution in [3.63, 3.8) is 0 Å². The van der Waals surface area contributed by atoms with Gasteiger partial charge in [0.15, 0.2) is 0 Å². The minimum atomic E-state index is -0.291. The Labute approximate surface area is 116 Å². The Morgan fingerprint density at radius 3 is 2.75 bits per heavy atom. The van der Waals surface area contributed by atoms with Gasteiger partial charge in [0.2, 0.25) is 0 Å². The topological polar surface area (TPSA) is 57.9 Å². The van der Waals surface area contributed by atoms with E-state index >= 15 is 0 Å². The Kier molecular flexibility index (Phi) is 4.51. The second kappa shape index (κ2) is 6.53. The number of aromatic nitrogens is 1. The van der Waals surface area contributed by atoms with E-state index in [4.69, 9.17) is 10.00 Å². The van der Waals surface area contributed by atoms with Crippen molar-refractivity contribution in [2.24, 2.45) is 0 Å². The molecule has 0 aliphatic heterocycles. The van der Waals surface area contributed by atoms with Crippen LogP contribution in [0.2, 0.25) is 0 Å². The quantitative estimate of drug-likeness (QED) is 0.908. The number of halogens is 1. The zero-order valence-electron chi connectivity index (χ0n) is 11.0. The summed E-state index contributed by atoms with van der Waals surface area (Å²) in [6, 6.07) is 13.0. The molecule has 1 aromatic heterocycles. The molecule has 102 valence electrons. The van der Waals surface area contributed by atoms with E-state index in [0.717, 1.165) is 0 Å². The highest BCUT2D eigenvalue weighted by Crippen LogP contribution is 2.12. The summed E-state index contributed by atoms with van der Waals surface area (Å²) in [5.41, 5.74) is 0.363. The summed E-state index contributed by atoms with van der Waals surface area (Å²) in [4.78, 5) is 4.12. The largest absolute Gasteiger partial charge is 0.491 e. The first-order chi connectivity index (χ1) is 9.67. The number of hydrogen-bond donors (Lipinski definition) is 1. The van der Waals surface area contributed by atoms with Crippen LogP contribution in [0.25, 0.3) is 0 Å². The molecule has 0 saturated carbocycles. The highest BCUT2D eigenvalue weighted by molar-refractivity contribution is 5.39. The fraction of sp³-hybridized carbons (Fsp3) is 0.200. The summed E-state index contributed by atoms with van der Waals surface area (Å²) in [5.74, 6) is 0.944. The third kappa shape index (κ3) is 3.95. The molecule has 0 fully saturated rings. The molecule has 1 unspecified atom stereocenters. The first-order valence-electron chi connectivity index (χ1n) is 6.19. The van der Waals surface area contributed by atoms with E-state index in [2.05, 4.69) is 10.3 Å². The Morgan fingerprint density at radius 2 is 2.05 bits per heavy atom. The minimum absolute atomic E-state index is 0.00139. The fourth-order valence-corrected chi connectivity index (χ4v) is 1.62. The lowest BCUT2D eigenvalue weighted by molar-refractivity contribution is 0.303. The number of ether oxygens (including phenoxy) is 1. The summed E-state index contributed by atoms with van der Waals surface area (Å²) in [6.45, 7) is 2.34. The molecule has 0 amide bonds. The monoisotopic (exact) mass is 271 g/mol. The number of benzene rings is 1. The van der Waals surface area contributed by atoms with E-state index in [1.807, 2.05) is 13.0 Å². The first kappa shape index (κ1) is 13.8. The van der Waals surface area contributed by atoms with E-state index in [-0.39, 0.29) is 11.9 Å². The predicted molar refractivity (Wildman–Crippen MR) is 73.9 cm³/mol. The molecule has 0 aliphatic carbocycles. The SMILES string of the molecule is CC(COc1ccc(F)cc1)Nc1cccc(C#N)n1. The molecule has 0 bridgehead atoms. The normalized spacial score (nSPS) is 11.4. The maximum absolute atomic E-state index is 12.7. The minimum Gasteiger partial charge on any atom is -0.491 e. The molecule has 0 spiro atoms. The van der Waals surface area contributed by atoms with Crippen LogP contribution in [0, 0.1) is 17.1 Å². The molecule has 4 nitrogen and oxygen atoms in total. The van der Waals surface area contributed by atoms with Gasteiger partial charge < -0.3 is 10.1 Å². The summed E-state index contributed by atoms with van der Waals surface area (Å²) in [6.07, 6.45) is 0. The average Bonchev–Trinajstić information content (AvgIpc) is 2.47. The Hall–Kier alpha value is -2.61. The zero-order valence-corrected chi connectivity index (χ0v) is 11.0. The van der Waals surface area contributed by atoms with Crippen LogP contribution in [0.15, 0.2) is 42.5 Å². The first-order valence-corrected chi connectivity index (χ1v) is 6.19. The predicted octanol–water partition coefficient (Wildman–Crippen LogP) is 2.97. The molecule has 0 aliphatic rings. The van der Waals surface area contributed by atoms with Crippen molar-refractivity contribution >= 4 is 5.82 Å². The molecule has 1 aromatic carbocycles. The molecule has 20 heavy (non-hydrogen) atoms. The summed E-state index contributed by atoms with van der Waals surface area (Å²) >= 11 is 0. The lowest BCUT2D eigenvalue weighted by Gasteiger charge is -2.15. The molecular weight excluding hydrogens is 257 g/mol. The molecule has 1 atom stereocenters. The van der Waals surface area contributed by atoms with Crippen LogP contribution in [0.3, 0.4) is 0 Å². The zero-order chi connectivity index (χ0) is 14.4. The van der Waals surface area contributed by atoms with E-state index in [1.54, 1.807) is 30.3 Å². The molecule has 1 N–H and O–H groups in total. The number of nitrogens with one attached hydrogen (secondary N) is 1. The van der Waals surface area contributed by atoms with E-state index in [9.17, 15) is 4.39 Å². The van der Waals surface area contributed by atoms with E-state index in [0.29, 0.717) is 23.9 Å². The molecular formula is C15H14FN3O. The number of pyridine rings is 1. The number of anilines is 1. The van der Waals surface area contributed by atoms with Gasteiger partial charge in [0, 0.05) is 0 Å². The van der Waals surface area contributed by atoms with Crippen molar-refractivity contribution in [1.29, 1.82) is 5.26 Å². The summed E-state index contributed by atoms with van der Waals surface area (Å²) in [7, 11) is 0. The Morgan fingerprint density at radius 1 is 1.30 bits per heavy atom. The molecule has 0 saturated heterocycles. The van der Waals surface area contributed by atoms with Crippen LogP contribution in [0.5, 0.6) is 5.75 Å². The maximum Gasteiger partial charge on any atom is 0.142 e. The van der Waals surface area contributed by atoms with Crippen molar-refractivity contribution in [2.45, 2.75) is 13.0 Å². The molecule has 2 aromatic rings. The second-order valence-corrected chi connectivity index (χ2v) is 4.33. The van der Waals surface area contributed by atoms with Gasteiger partial charge in [0.25, 0.3) is 0 Å². The van der Waals surface area contributed by atoms with Gasteiger partial charge in [-0.25, -0.2) is 9.37 Å². The fourth-order valence-electron chi connectivity index (χ4n) is 1.62. The van der Waals surface area contributed by atoms with Crippen molar-refractivity contribution in [1.82, 2.24) is 4.98 Å². The van der Waals surface area contributed by atoms with Gasteiger partial charge in [-0.1, -0.05) is 6.07 Å². The smallest absolute Gasteiger partial charge is 0.142 e. The van der Waals surface area contributed by atoms with Crippen LogP contribution in [-0.4, -0.2) is 17.6 Å². The van der Waals surface area contributed by atoms with Gasteiger partial charge >= 0.3 is 0 Å². The van der Waals surface area contributed by atoms with Crippen LogP contribution >= 0.6 is 0 Å². The molecule has 5 heteroatoms. The van der Waals surface area contributed by atoms with Crippen LogP contribution in [-0.2, 0) is 0 Å². The van der Waals surface area contributed by atoms with E-state index in [1.165, 1.54) is 12.1 Å². The number of hydrogen-bond acceptors (Lipinski definition) is 4. The average molecular weight is 271 g/mol. The van der Waals surface area contributed by atoms with E-state index < -0.39 is 0 Å².